The van der Waals surface area contributed by atoms with Gasteiger partial charge in [0.1, 0.15) is 11.6 Å². The molecule has 1 N–H and O–H groups in total. The van der Waals surface area contributed by atoms with Crippen LogP contribution in [-0.2, 0) is 4.79 Å². The number of halogens is 1. The fourth-order valence-corrected chi connectivity index (χ4v) is 1.86. The number of nitro benzene ring substituents is 1. The minimum Gasteiger partial charge on any atom is -0.481 e. The second kappa shape index (κ2) is 6.87. The molecule has 2 aromatic carbocycles. The van der Waals surface area contributed by atoms with E-state index < -0.39 is 22.8 Å². The van der Waals surface area contributed by atoms with Crippen molar-refractivity contribution in [3.63, 3.8) is 0 Å². The molecule has 0 aromatic heterocycles. The molecule has 7 heteroatoms. The predicted molar refractivity (Wildman–Crippen MR) is 83.0 cm³/mol. The molecular weight excluding hydrogens is 303 g/mol. The summed E-state index contributed by atoms with van der Waals surface area (Å²) in [6.45, 7) is 3.26. The third-order valence-electron chi connectivity index (χ3n) is 3.19. The lowest BCUT2D eigenvalue weighted by Crippen LogP contribution is -2.30. The van der Waals surface area contributed by atoms with Gasteiger partial charge in [-0.2, -0.15) is 0 Å². The minimum atomic E-state index is -0.848. The van der Waals surface area contributed by atoms with Gasteiger partial charge < -0.3 is 10.1 Å². The van der Waals surface area contributed by atoms with E-state index in [9.17, 15) is 19.3 Å². The number of rotatable bonds is 5. The molecule has 0 saturated carbocycles. The largest absolute Gasteiger partial charge is 0.481 e. The Morgan fingerprint density at radius 3 is 2.52 bits per heavy atom. The third-order valence-corrected chi connectivity index (χ3v) is 3.19. The molecule has 0 aliphatic heterocycles. The number of carbonyl (C=O) groups excluding carboxylic acids is 1. The van der Waals surface area contributed by atoms with E-state index in [1.165, 1.54) is 43.3 Å². The zero-order valence-corrected chi connectivity index (χ0v) is 12.6. The van der Waals surface area contributed by atoms with Gasteiger partial charge in [0.15, 0.2) is 6.10 Å². The molecule has 0 heterocycles. The highest BCUT2D eigenvalue weighted by Crippen LogP contribution is 2.22. The number of nitrogens with one attached hydrogen (secondary N) is 1. The summed E-state index contributed by atoms with van der Waals surface area (Å²) in [6.07, 6.45) is -0.848. The molecule has 6 nitrogen and oxygen atoms in total. The summed E-state index contributed by atoms with van der Waals surface area (Å²) in [6, 6.07) is 9.49. The number of nitrogens with zero attached hydrogens (tertiary/aromatic N) is 1. The summed E-state index contributed by atoms with van der Waals surface area (Å²) < 4.78 is 18.2. The second-order valence-electron chi connectivity index (χ2n) is 4.96. The molecule has 1 unspecified atom stereocenters. The average Bonchev–Trinajstić information content (AvgIpc) is 2.51. The first kappa shape index (κ1) is 16.4. The number of anilines is 1. The minimum absolute atomic E-state index is 0.113. The van der Waals surface area contributed by atoms with E-state index >= 15 is 0 Å². The fourth-order valence-electron chi connectivity index (χ4n) is 1.86. The first-order valence-corrected chi connectivity index (χ1v) is 6.85. The topological polar surface area (TPSA) is 81.5 Å². The summed E-state index contributed by atoms with van der Waals surface area (Å²) in [5.74, 6) is -0.510. The zero-order valence-electron chi connectivity index (χ0n) is 12.6. The lowest BCUT2D eigenvalue weighted by Gasteiger charge is -2.15. The van der Waals surface area contributed by atoms with E-state index in [1.807, 2.05) is 0 Å². The Labute approximate surface area is 132 Å². The molecule has 0 saturated heterocycles. The van der Waals surface area contributed by atoms with Crippen molar-refractivity contribution in [2.75, 3.05) is 5.32 Å². The van der Waals surface area contributed by atoms with Crippen molar-refractivity contribution < 1.29 is 18.8 Å². The maximum absolute atomic E-state index is 12.8. The lowest BCUT2D eigenvalue weighted by molar-refractivity contribution is -0.384. The zero-order chi connectivity index (χ0) is 17.0. The summed E-state index contributed by atoms with van der Waals surface area (Å²) in [5.41, 5.74) is 0.926. The summed E-state index contributed by atoms with van der Waals surface area (Å²) in [4.78, 5) is 22.4. The summed E-state index contributed by atoms with van der Waals surface area (Å²) in [7, 11) is 0. The van der Waals surface area contributed by atoms with Crippen molar-refractivity contribution >= 4 is 17.3 Å². The van der Waals surface area contributed by atoms with Crippen LogP contribution in [0.4, 0.5) is 15.8 Å². The van der Waals surface area contributed by atoms with Crippen LogP contribution in [0.5, 0.6) is 5.75 Å². The highest BCUT2D eigenvalue weighted by molar-refractivity contribution is 5.95. The molecule has 1 atom stereocenters. The van der Waals surface area contributed by atoms with Gasteiger partial charge in [-0.1, -0.05) is 6.07 Å². The quantitative estimate of drug-likeness (QED) is 0.676. The number of non-ortho nitro benzene ring substituents is 1. The van der Waals surface area contributed by atoms with Crippen molar-refractivity contribution in [3.8, 4) is 5.75 Å². The SMILES string of the molecule is Cc1ccc([N+](=O)[O-])cc1NC(=O)C(C)Oc1ccc(F)cc1. The summed E-state index contributed by atoms with van der Waals surface area (Å²) >= 11 is 0. The molecule has 120 valence electrons. The number of hydrogen-bond donors (Lipinski definition) is 1. The number of benzene rings is 2. The molecule has 1 amide bonds. The van der Waals surface area contributed by atoms with Crippen LogP contribution in [0, 0.1) is 22.9 Å². The molecule has 2 rings (SSSR count). The van der Waals surface area contributed by atoms with E-state index in [4.69, 9.17) is 4.74 Å². The third kappa shape index (κ3) is 4.26. The molecule has 0 radical (unpaired) electrons. The first-order valence-electron chi connectivity index (χ1n) is 6.85. The van der Waals surface area contributed by atoms with Gasteiger partial charge in [0.05, 0.1) is 10.6 Å². The van der Waals surface area contributed by atoms with Gasteiger partial charge in [0.25, 0.3) is 11.6 Å². The number of hydrogen-bond acceptors (Lipinski definition) is 4. The molecule has 0 aliphatic carbocycles. The Kier molecular flexibility index (Phi) is 4.90. The van der Waals surface area contributed by atoms with Crippen LogP contribution < -0.4 is 10.1 Å². The van der Waals surface area contributed by atoms with Crippen LogP contribution in [0.1, 0.15) is 12.5 Å². The van der Waals surface area contributed by atoms with E-state index in [0.29, 0.717) is 17.0 Å². The highest BCUT2D eigenvalue weighted by Gasteiger charge is 2.17. The number of nitro groups is 1. The standard InChI is InChI=1S/C16H15FN2O4/c1-10-3-6-13(19(21)22)9-15(10)18-16(20)11(2)23-14-7-4-12(17)5-8-14/h3-9,11H,1-2H3,(H,18,20). The van der Waals surface area contributed by atoms with Gasteiger partial charge >= 0.3 is 0 Å². The predicted octanol–water partition coefficient (Wildman–Crippen LogP) is 3.45. The van der Waals surface area contributed by atoms with Crippen LogP contribution in [0.15, 0.2) is 42.5 Å². The van der Waals surface area contributed by atoms with Crippen LogP contribution in [-0.4, -0.2) is 16.9 Å². The smallest absolute Gasteiger partial charge is 0.271 e. The van der Waals surface area contributed by atoms with Gasteiger partial charge in [-0.3, -0.25) is 14.9 Å². The Hall–Kier alpha value is -2.96. The van der Waals surface area contributed by atoms with E-state index in [1.54, 1.807) is 13.0 Å². The maximum atomic E-state index is 12.8. The molecule has 0 spiro atoms. The number of ether oxygens (including phenoxy) is 1. The molecule has 0 fully saturated rings. The van der Waals surface area contributed by atoms with Crippen molar-refractivity contribution in [2.45, 2.75) is 20.0 Å². The Balaban J connectivity index is 2.07. The molecule has 23 heavy (non-hydrogen) atoms. The Morgan fingerprint density at radius 1 is 1.26 bits per heavy atom. The Morgan fingerprint density at radius 2 is 1.91 bits per heavy atom. The lowest BCUT2D eigenvalue weighted by atomic mass is 10.1. The van der Waals surface area contributed by atoms with Gasteiger partial charge in [-0.15, -0.1) is 0 Å². The first-order chi connectivity index (χ1) is 10.9. The van der Waals surface area contributed by atoms with Gasteiger partial charge in [0, 0.05) is 12.1 Å². The van der Waals surface area contributed by atoms with E-state index in [2.05, 4.69) is 5.32 Å². The highest BCUT2D eigenvalue weighted by atomic mass is 19.1. The molecule has 0 bridgehead atoms. The maximum Gasteiger partial charge on any atom is 0.271 e. The fraction of sp³-hybridized carbons (Fsp3) is 0.188. The van der Waals surface area contributed by atoms with E-state index in [0.717, 1.165) is 0 Å². The van der Waals surface area contributed by atoms with Crippen molar-refractivity contribution in [2.24, 2.45) is 0 Å². The number of carbonyl (C=O) groups is 1. The summed E-state index contributed by atoms with van der Waals surface area (Å²) in [5, 5.41) is 13.4. The van der Waals surface area contributed by atoms with Crippen LogP contribution in [0.2, 0.25) is 0 Å². The van der Waals surface area contributed by atoms with E-state index in [-0.39, 0.29) is 5.69 Å². The van der Waals surface area contributed by atoms with Crippen LogP contribution in [0.3, 0.4) is 0 Å². The monoisotopic (exact) mass is 318 g/mol. The van der Waals surface area contributed by atoms with Crippen molar-refractivity contribution in [3.05, 3.63) is 64.0 Å². The van der Waals surface area contributed by atoms with Gasteiger partial charge in [-0.25, -0.2) is 4.39 Å². The normalized spacial score (nSPS) is 11.6. The number of aryl methyl sites for hydroxylation is 1. The molecule has 2 aromatic rings. The number of amides is 1. The van der Waals surface area contributed by atoms with Gasteiger partial charge in [-0.05, 0) is 43.7 Å². The Bertz CT molecular complexity index is 731. The van der Waals surface area contributed by atoms with Crippen LogP contribution >= 0.6 is 0 Å². The molecular formula is C16H15FN2O4. The average molecular weight is 318 g/mol. The van der Waals surface area contributed by atoms with Crippen LogP contribution in [0.25, 0.3) is 0 Å². The van der Waals surface area contributed by atoms with Gasteiger partial charge in [0.2, 0.25) is 0 Å². The second-order valence-corrected chi connectivity index (χ2v) is 4.96. The van der Waals surface area contributed by atoms with Crippen molar-refractivity contribution in [1.82, 2.24) is 0 Å². The van der Waals surface area contributed by atoms with Crippen molar-refractivity contribution in [1.29, 1.82) is 0 Å². The molecule has 0 aliphatic rings.